The number of hydrogen-bond donors (Lipinski definition) is 0. The van der Waals surface area contributed by atoms with Gasteiger partial charge in [-0.15, -0.1) is 5.10 Å². The molecule has 1 aromatic heterocycles. The van der Waals surface area contributed by atoms with Gasteiger partial charge in [0, 0.05) is 39.7 Å². The summed E-state index contributed by atoms with van der Waals surface area (Å²) >= 11 is 0. The number of nitrogens with zero attached hydrogens (tertiary/aromatic N) is 5. The van der Waals surface area contributed by atoms with Gasteiger partial charge < -0.3 is 9.64 Å². The second kappa shape index (κ2) is 7.38. The van der Waals surface area contributed by atoms with Crippen molar-refractivity contribution in [3.05, 3.63) is 42.1 Å². The van der Waals surface area contributed by atoms with Crippen LogP contribution in [0.3, 0.4) is 0 Å². The van der Waals surface area contributed by atoms with Gasteiger partial charge >= 0.3 is 0 Å². The first-order chi connectivity index (χ1) is 13.2. The van der Waals surface area contributed by atoms with Crippen LogP contribution in [0, 0.1) is 0 Å². The van der Waals surface area contributed by atoms with Gasteiger partial charge in [0.05, 0.1) is 12.0 Å². The van der Waals surface area contributed by atoms with Crippen molar-refractivity contribution >= 4 is 23.4 Å². The minimum atomic E-state index is -1.41. The number of ketones is 1. The number of carbonyl (C=O) groups excluding carboxylic acids is 2. The Morgan fingerprint density at radius 3 is 2.43 bits per heavy atom. The van der Waals surface area contributed by atoms with Gasteiger partial charge in [-0.3, -0.25) is 9.59 Å². The monoisotopic (exact) mass is 381 g/mol. The van der Waals surface area contributed by atoms with Crippen molar-refractivity contribution < 1.29 is 14.3 Å². The van der Waals surface area contributed by atoms with Crippen LogP contribution in [0.1, 0.15) is 32.8 Å². The fraction of sp³-hybridized carbons (Fsp3) is 0.350. The minimum absolute atomic E-state index is 0.0672. The first-order valence-corrected chi connectivity index (χ1v) is 8.89. The minimum Gasteiger partial charge on any atom is -0.447 e. The summed E-state index contributed by atoms with van der Waals surface area (Å²) < 4.78 is 5.98. The number of aromatic nitrogens is 2. The topological polar surface area (TPSA) is 88.0 Å². The van der Waals surface area contributed by atoms with Crippen LogP contribution in [0.5, 0.6) is 0 Å². The fourth-order valence-corrected chi connectivity index (χ4v) is 3.28. The van der Waals surface area contributed by atoms with Crippen LogP contribution in [0.2, 0.25) is 0 Å². The third kappa shape index (κ3) is 3.45. The van der Waals surface area contributed by atoms with Crippen LogP contribution >= 0.6 is 0 Å². The molecule has 1 aromatic carbocycles. The first kappa shape index (κ1) is 19.5. The largest absolute Gasteiger partial charge is 0.447 e. The van der Waals surface area contributed by atoms with Crippen LogP contribution in [0.4, 0.5) is 5.82 Å². The van der Waals surface area contributed by atoms with E-state index < -0.39 is 5.72 Å². The highest BCUT2D eigenvalue weighted by molar-refractivity contribution is 5.85. The molecule has 0 spiro atoms. The van der Waals surface area contributed by atoms with Crippen molar-refractivity contribution in [3.63, 3.8) is 0 Å². The standard InChI is InChI=1S/C20H23N5O3/c1-13(26)11-20(25(15(3)27)23-14(2)28-20)17-12-21-18(22-19(17)24(4)5)16-9-7-6-8-10-16/h6-10,12H,11H2,1-5H3. The molecular weight excluding hydrogens is 358 g/mol. The number of anilines is 1. The summed E-state index contributed by atoms with van der Waals surface area (Å²) in [5.41, 5.74) is -0.0412. The first-order valence-electron chi connectivity index (χ1n) is 8.89. The molecular formula is C20H23N5O3. The van der Waals surface area contributed by atoms with Crippen LogP contribution in [-0.2, 0) is 20.1 Å². The average Bonchev–Trinajstić information content (AvgIpc) is 2.98. The number of benzene rings is 1. The number of rotatable bonds is 5. The zero-order valence-corrected chi connectivity index (χ0v) is 16.6. The summed E-state index contributed by atoms with van der Waals surface area (Å²) in [6.45, 7) is 4.48. The van der Waals surface area contributed by atoms with Crippen molar-refractivity contribution in [1.29, 1.82) is 0 Å². The molecule has 3 rings (SSSR count). The lowest BCUT2D eigenvalue weighted by Gasteiger charge is -2.35. The van der Waals surface area contributed by atoms with E-state index in [0.29, 0.717) is 23.1 Å². The molecule has 0 saturated heterocycles. The van der Waals surface area contributed by atoms with Gasteiger partial charge in [-0.2, -0.15) is 5.01 Å². The van der Waals surface area contributed by atoms with Gasteiger partial charge in [0.15, 0.2) is 5.82 Å². The second-order valence-corrected chi connectivity index (χ2v) is 6.91. The zero-order chi connectivity index (χ0) is 20.5. The smallest absolute Gasteiger partial charge is 0.244 e. The van der Waals surface area contributed by atoms with Crippen LogP contribution in [0.15, 0.2) is 41.6 Å². The number of carbonyl (C=O) groups is 2. The molecule has 146 valence electrons. The van der Waals surface area contributed by atoms with Gasteiger partial charge in [0.2, 0.25) is 17.5 Å². The highest BCUT2D eigenvalue weighted by Crippen LogP contribution is 2.42. The molecule has 1 aliphatic rings. The van der Waals surface area contributed by atoms with E-state index in [1.807, 2.05) is 44.4 Å². The number of hydrogen-bond acceptors (Lipinski definition) is 7. The van der Waals surface area contributed by atoms with Gasteiger partial charge in [0.25, 0.3) is 0 Å². The van der Waals surface area contributed by atoms with E-state index in [0.717, 1.165) is 5.56 Å². The normalized spacial score (nSPS) is 18.5. The maximum atomic E-state index is 12.3. The Morgan fingerprint density at radius 1 is 1.18 bits per heavy atom. The molecule has 0 N–H and O–H groups in total. The van der Waals surface area contributed by atoms with Gasteiger partial charge in [-0.1, -0.05) is 30.3 Å². The summed E-state index contributed by atoms with van der Waals surface area (Å²) in [4.78, 5) is 35.4. The van der Waals surface area contributed by atoms with Crippen LogP contribution in [-0.4, -0.2) is 46.7 Å². The molecule has 8 nitrogen and oxygen atoms in total. The Balaban J connectivity index is 2.21. The summed E-state index contributed by atoms with van der Waals surface area (Å²) in [5.74, 6) is 0.901. The van der Waals surface area contributed by atoms with Gasteiger partial charge in [-0.25, -0.2) is 9.97 Å². The van der Waals surface area contributed by atoms with Gasteiger partial charge in [-0.05, 0) is 6.92 Å². The molecule has 1 aliphatic heterocycles. The summed E-state index contributed by atoms with van der Waals surface area (Å²) in [5, 5.41) is 5.41. The van der Waals surface area contributed by atoms with E-state index in [1.54, 1.807) is 18.0 Å². The zero-order valence-electron chi connectivity index (χ0n) is 16.6. The molecule has 2 aromatic rings. The Morgan fingerprint density at radius 2 is 1.86 bits per heavy atom. The van der Waals surface area contributed by atoms with E-state index in [4.69, 9.17) is 9.72 Å². The average molecular weight is 381 g/mol. The fourth-order valence-electron chi connectivity index (χ4n) is 3.28. The lowest BCUT2D eigenvalue weighted by molar-refractivity contribution is -0.153. The maximum absolute atomic E-state index is 12.3. The molecule has 8 heteroatoms. The van der Waals surface area contributed by atoms with Crippen molar-refractivity contribution in [2.45, 2.75) is 32.9 Å². The Labute approximate surface area is 163 Å². The van der Waals surface area contributed by atoms with E-state index in [9.17, 15) is 9.59 Å². The molecule has 1 amide bonds. The van der Waals surface area contributed by atoms with Crippen molar-refractivity contribution in [2.24, 2.45) is 5.10 Å². The number of hydrazone groups is 1. The predicted molar refractivity (Wildman–Crippen MR) is 105 cm³/mol. The number of ether oxygens (including phenoxy) is 1. The quantitative estimate of drug-likeness (QED) is 0.791. The summed E-state index contributed by atoms with van der Waals surface area (Å²) in [6, 6.07) is 9.58. The van der Waals surface area contributed by atoms with Crippen molar-refractivity contribution in [1.82, 2.24) is 15.0 Å². The SMILES string of the molecule is CC(=O)CC1(c2cnc(-c3ccccc3)nc2N(C)C)OC(C)=NN1C(C)=O. The maximum Gasteiger partial charge on any atom is 0.244 e. The lowest BCUT2D eigenvalue weighted by Crippen LogP contribution is -2.46. The summed E-state index contributed by atoms with van der Waals surface area (Å²) in [7, 11) is 3.67. The third-order valence-electron chi connectivity index (χ3n) is 4.33. The number of amides is 1. The predicted octanol–water partition coefficient (Wildman–Crippen LogP) is 2.55. The highest BCUT2D eigenvalue weighted by atomic mass is 16.6. The van der Waals surface area contributed by atoms with E-state index in [-0.39, 0.29) is 18.1 Å². The molecule has 0 radical (unpaired) electrons. The highest BCUT2D eigenvalue weighted by Gasteiger charge is 2.51. The third-order valence-corrected chi connectivity index (χ3v) is 4.33. The van der Waals surface area contributed by atoms with Crippen molar-refractivity contribution in [2.75, 3.05) is 19.0 Å². The lowest BCUT2D eigenvalue weighted by atomic mass is 9.97. The molecule has 1 unspecified atom stereocenters. The van der Waals surface area contributed by atoms with Gasteiger partial charge in [0.1, 0.15) is 11.6 Å². The Bertz CT molecular complexity index is 942. The summed E-state index contributed by atoms with van der Waals surface area (Å²) in [6.07, 6.45) is 1.54. The molecule has 2 heterocycles. The number of Topliss-reactive ketones (excluding diaryl/α,β-unsaturated/α-hetero) is 1. The molecule has 0 saturated carbocycles. The molecule has 0 bridgehead atoms. The van der Waals surface area contributed by atoms with Crippen LogP contribution in [0.25, 0.3) is 11.4 Å². The Kier molecular flexibility index (Phi) is 5.13. The molecule has 0 fully saturated rings. The van der Waals surface area contributed by atoms with Crippen LogP contribution < -0.4 is 4.90 Å². The van der Waals surface area contributed by atoms with Crippen molar-refractivity contribution in [3.8, 4) is 11.4 Å². The van der Waals surface area contributed by atoms with E-state index in [1.165, 1.54) is 18.9 Å². The van der Waals surface area contributed by atoms with E-state index >= 15 is 0 Å². The molecule has 0 aliphatic carbocycles. The van der Waals surface area contributed by atoms with E-state index in [2.05, 4.69) is 10.1 Å². The molecule has 28 heavy (non-hydrogen) atoms. The molecule has 1 atom stereocenters. The second-order valence-electron chi connectivity index (χ2n) is 6.91. The Hall–Kier alpha value is -3.29.